The number of rotatable bonds is 0. The number of hydrogen-bond donors (Lipinski definition) is 0. The predicted octanol–water partition coefficient (Wildman–Crippen LogP) is -12.4. The minimum Gasteiger partial charge on any atom is -1.00 e. The average molecular weight is 198 g/mol. The van der Waals surface area contributed by atoms with Crippen molar-refractivity contribution in [3.8, 4) is 0 Å². The summed E-state index contributed by atoms with van der Waals surface area (Å²) >= 11 is 0. The van der Waals surface area contributed by atoms with Gasteiger partial charge in [-0.25, -0.2) is 0 Å². The second-order valence-electron chi connectivity index (χ2n) is 0. The third-order valence-corrected chi connectivity index (χ3v) is 0. The molecule has 0 aromatic carbocycles. The van der Waals surface area contributed by atoms with Gasteiger partial charge in [0.1, 0.15) is 0 Å². The molecular formula is F4Sb-. The second kappa shape index (κ2) is 196. The van der Waals surface area contributed by atoms with E-state index in [1.54, 1.807) is 0 Å². The van der Waals surface area contributed by atoms with Crippen molar-refractivity contribution in [2.75, 3.05) is 0 Å². The van der Waals surface area contributed by atoms with Crippen molar-refractivity contribution in [1.82, 2.24) is 0 Å². The standard InChI is InChI=1S/4FH.Sb/h4*1H;/q;;;;+3/p-4. The average Bonchev–Trinajstić information content (AvgIpc) is 0. The van der Waals surface area contributed by atoms with Crippen LogP contribution in [0.4, 0.5) is 0 Å². The van der Waals surface area contributed by atoms with Crippen LogP contribution in [0.3, 0.4) is 0 Å². The maximum absolute atomic E-state index is 0. The Balaban J connectivity index is 0. The SMILES string of the molecule is [F-].[F-].[F-].[F-].[Sb+3]. The summed E-state index contributed by atoms with van der Waals surface area (Å²) in [6, 6.07) is 0. The van der Waals surface area contributed by atoms with Crippen molar-refractivity contribution in [1.29, 1.82) is 0 Å². The molecule has 0 spiro atoms. The molecule has 0 heterocycles. The van der Waals surface area contributed by atoms with Crippen LogP contribution in [-0.2, 0) is 0 Å². The van der Waals surface area contributed by atoms with Gasteiger partial charge in [0.05, 0.1) is 0 Å². The van der Waals surface area contributed by atoms with Gasteiger partial charge in [-0.3, -0.25) is 0 Å². The molecule has 0 fully saturated rings. The minimum atomic E-state index is 0. The van der Waals surface area contributed by atoms with E-state index < -0.39 is 0 Å². The minimum absolute atomic E-state index is 0. The normalized spacial score (nSPS) is 0. The zero-order valence-electron chi connectivity index (χ0n) is 1.96. The van der Waals surface area contributed by atoms with Gasteiger partial charge in [0, 0.05) is 0 Å². The Morgan fingerprint density at radius 1 is 0.400 bits per heavy atom. The van der Waals surface area contributed by atoms with Gasteiger partial charge in [-0.05, 0) is 0 Å². The smallest absolute Gasteiger partial charge is 1.00 e. The van der Waals surface area contributed by atoms with E-state index in [2.05, 4.69) is 0 Å². The van der Waals surface area contributed by atoms with E-state index in [9.17, 15) is 0 Å². The molecule has 34 valence electrons. The Hall–Kier alpha value is 0.538. The summed E-state index contributed by atoms with van der Waals surface area (Å²) < 4.78 is 0. The van der Waals surface area contributed by atoms with Crippen molar-refractivity contribution < 1.29 is 18.8 Å². The molecule has 0 rings (SSSR count). The molecule has 0 N–H and O–H groups in total. The van der Waals surface area contributed by atoms with Gasteiger partial charge in [0.15, 0.2) is 0 Å². The molecule has 0 saturated heterocycles. The Labute approximate surface area is 43.9 Å². The summed E-state index contributed by atoms with van der Waals surface area (Å²) in [7, 11) is 0. The van der Waals surface area contributed by atoms with Crippen LogP contribution in [0, 0.1) is 0 Å². The van der Waals surface area contributed by atoms with E-state index in [1.807, 2.05) is 0 Å². The summed E-state index contributed by atoms with van der Waals surface area (Å²) in [5, 5.41) is 0. The molecule has 0 aliphatic heterocycles. The zero-order chi connectivity index (χ0) is 0. The molecule has 5 heteroatoms. The van der Waals surface area contributed by atoms with Gasteiger partial charge >= 0.3 is 24.4 Å². The fourth-order valence-corrected chi connectivity index (χ4v) is 0. The predicted molar refractivity (Wildman–Crippen MR) is 5.75 cm³/mol. The monoisotopic (exact) mass is 197 g/mol. The molecular weight excluding hydrogens is 198 g/mol. The summed E-state index contributed by atoms with van der Waals surface area (Å²) in [6.07, 6.45) is 0. The van der Waals surface area contributed by atoms with Gasteiger partial charge in [-0.2, -0.15) is 0 Å². The van der Waals surface area contributed by atoms with E-state index in [1.165, 1.54) is 0 Å². The van der Waals surface area contributed by atoms with Crippen LogP contribution in [0.5, 0.6) is 0 Å². The van der Waals surface area contributed by atoms with E-state index in [0.717, 1.165) is 0 Å². The zero-order valence-corrected chi connectivity index (χ0v) is 4.51. The summed E-state index contributed by atoms with van der Waals surface area (Å²) in [4.78, 5) is 0. The molecule has 0 nitrogen and oxygen atoms in total. The quantitative estimate of drug-likeness (QED) is 0.267. The van der Waals surface area contributed by atoms with Crippen LogP contribution in [0.1, 0.15) is 0 Å². The third kappa shape index (κ3) is 101. The second-order valence-corrected chi connectivity index (χ2v) is 0. The fourth-order valence-electron chi connectivity index (χ4n) is 0. The molecule has 0 aromatic rings. The largest absolute Gasteiger partial charge is 3.00 e. The molecule has 5 heavy (non-hydrogen) atoms. The van der Waals surface area contributed by atoms with E-state index in [0.29, 0.717) is 0 Å². The summed E-state index contributed by atoms with van der Waals surface area (Å²) in [6.45, 7) is 0. The van der Waals surface area contributed by atoms with E-state index >= 15 is 0 Å². The Bertz CT molecular complexity index is 3.61. The summed E-state index contributed by atoms with van der Waals surface area (Å²) in [5.74, 6) is 0. The van der Waals surface area contributed by atoms with Crippen LogP contribution in [-0.4, -0.2) is 24.4 Å². The molecule has 0 saturated carbocycles. The number of hydrogen-bond acceptors (Lipinski definition) is 0. The van der Waals surface area contributed by atoms with Crippen molar-refractivity contribution >= 4 is 24.4 Å². The van der Waals surface area contributed by atoms with E-state index in [4.69, 9.17) is 0 Å². The molecule has 0 amide bonds. The first kappa shape index (κ1) is 394. The first-order chi connectivity index (χ1) is 0. The maximum atomic E-state index is 0. The Kier molecular flexibility index (Phi) is 15400. The summed E-state index contributed by atoms with van der Waals surface area (Å²) in [5.41, 5.74) is 0. The molecule has 0 unspecified atom stereocenters. The van der Waals surface area contributed by atoms with Gasteiger partial charge in [-0.15, -0.1) is 0 Å². The molecule has 0 aliphatic carbocycles. The van der Waals surface area contributed by atoms with Crippen LogP contribution in [0.25, 0.3) is 0 Å². The topological polar surface area (TPSA) is 0 Å². The third-order valence-electron chi connectivity index (χ3n) is 0. The maximum Gasteiger partial charge on any atom is 3.00 e. The van der Waals surface area contributed by atoms with Crippen molar-refractivity contribution in [2.45, 2.75) is 0 Å². The van der Waals surface area contributed by atoms with Gasteiger partial charge in [-0.1, -0.05) is 0 Å². The van der Waals surface area contributed by atoms with Crippen molar-refractivity contribution in [3.63, 3.8) is 0 Å². The van der Waals surface area contributed by atoms with Crippen LogP contribution in [0.15, 0.2) is 0 Å². The fraction of sp³-hybridized carbons (Fsp3) is 0. The Morgan fingerprint density at radius 3 is 0.400 bits per heavy atom. The molecule has 0 atom stereocenters. The van der Waals surface area contributed by atoms with Gasteiger partial charge < -0.3 is 18.8 Å². The van der Waals surface area contributed by atoms with Gasteiger partial charge in [0.2, 0.25) is 0 Å². The Morgan fingerprint density at radius 2 is 0.400 bits per heavy atom. The molecule has 0 bridgehead atoms. The van der Waals surface area contributed by atoms with Crippen LogP contribution < -0.4 is 18.8 Å². The first-order valence-corrected chi connectivity index (χ1v) is 0. The molecule has 0 aromatic heterocycles. The number of halogens is 4. The van der Waals surface area contributed by atoms with Crippen molar-refractivity contribution in [2.24, 2.45) is 0 Å². The van der Waals surface area contributed by atoms with Crippen molar-refractivity contribution in [3.05, 3.63) is 0 Å². The van der Waals surface area contributed by atoms with Crippen LogP contribution >= 0.6 is 0 Å². The molecule has 2 radical (unpaired) electrons. The van der Waals surface area contributed by atoms with Crippen LogP contribution in [0.2, 0.25) is 0 Å². The van der Waals surface area contributed by atoms with E-state index in [-0.39, 0.29) is 43.2 Å². The van der Waals surface area contributed by atoms with Gasteiger partial charge in [0.25, 0.3) is 0 Å². The molecule has 0 aliphatic rings. The first-order valence-electron chi connectivity index (χ1n) is 0.